The van der Waals surface area contributed by atoms with E-state index in [1.165, 1.54) is 11.8 Å². The molecule has 0 atom stereocenters. The summed E-state index contributed by atoms with van der Waals surface area (Å²) in [5, 5.41) is 14.5. The molecule has 0 bridgehead atoms. The van der Waals surface area contributed by atoms with Crippen molar-refractivity contribution in [3.8, 4) is 22.1 Å². The Kier molecular flexibility index (Phi) is 6.46. The molecule has 0 saturated heterocycles. The number of rotatable bonds is 8. The summed E-state index contributed by atoms with van der Waals surface area (Å²) in [4.78, 5) is 13.3. The molecule has 0 saturated carbocycles. The maximum absolute atomic E-state index is 12.3. The summed E-state index contributed by atoms with van der Waals surface area (Å²) in [7, 11) is 1.65. The van der Waals surface area contributed by atoms with E-state index in [2.05, 4.69) is 15.5 Å². The normalized spacial score (nSPS) is 10.7. The van der Waals surface area contributed by atoms with Crippen LogP contribution >= 0.6 is 23.1 Å². The van der Waals surface area contributed by atoms with Gasteiger partial charge in [-0.3, -0.25) is 9.36 Å². The van der Waals surface area contributed by atoms with Gasteiger partial charge in [0.25, 0.3) is 0 Å². The molecule has 6 nitrogen and oxygen atoms in total. The number of amides is 1. The van der Waals surface area contributed by atoms with E-state index in [-0.39, 0.29) is 5.91 Å². The number of carbonyl (C=O) groups is 1. The third kappa shape index (κ3) is 4.55. The van der Waals surface area contributed by atoms with Crippen molar-refractivity contribution in [1.29, 1.82) is 0 Å². The molecular formula is C22H20N4O2S2. The number of para-hydroxylation sites is 3. The van der Waals surface area contributed by atoms with E-state index in [0.29, 0.717) is 12.2 Å². The van der Waals surface area contributed by atoms with Crippen LogP contribution in [0.15, 0.2) is 77.3 Å². The van der Waals surface area contributed by atoms with Crippen molar-refractivity contribution in [2.45, 2.75) is 11.6 Å². The topological polar surface area (TPSA) is 69.0 Å². The van der Waals surface area contributed by atoms with Gasteiger partial charge in [-0.1, -0.05) is 48.2 Å². The van der Waals surface area contributed by atoms with Gasteiger partial charge in [0.2, 0.25) is 5.91 Å². The number of nitrogens with one attached hydrogen (secondary N) is 1. The van der Waals surface area contributed by atoms with Crippen molar-refractivity contribution in [1.82, 2.24) is 14.8 Å². The van der Waals surface area contributed by atoms with Crippen LogP contribution in [0.3, 0.4) is 0 Å². The van der Waals surface area contributed by atoms with Crippen molar-refractivity contribution in [2.24, 2.45) is 0 Å². The Morgan fingerprint density at radius 3 is 2.63 bits per heavy atom. The number of anilines is 1. The molecule has 152 valence electrons. The molecular weight excluding hydrogens is 416 g/mol. The van der Waals surface area contributed by atoms with E-state index >= 15 is 0 Å². The molecule has 0 fully saturated rings. The Hall–Kier alpha value is -3.10. The summed E-state index contributed by atoms with van der Waals surface area (Å²) in [6, 6.07) is 21.2. The fourth-order valence-electron chi connectivity index (χ4n) is 2.94. The van der Waals surface area contributed by atoms with E-state index < -0.39 is 0 Å². The fraction of sp³-hybridized carbons (Fsp3) is 0.136. The van der Waals surface area contributed by atoms with Crippen LogP contribution in [0.25, 0.3) is 16.4 Å². The standard InChI is InChI=1S/C22H20N4O2S2/c1-28-18-11-6-5-10-17(18)26-21(19-12-7-14-29-19)24-25-22(26)30-15-13-20(27)23-16-8-3-2-4-9-16/h2-12,14H,13,15H2,1H3,(H,23,27). The minimum atomic E-state index is -0.0319. The highest BCUT2D eigenvalue weighted by Gasteiger charge is 2.19. The first kappa shape index (κ1) is 20.2. The van der Waals surface area contributed by atoms with Crippen molar-refractivity contribution in [2.75, 3.05) is 18.2 Å². The smallest absolute Gasteiger partial charge is 0.225 e. The molecule has 1 N–H and O–H groups in total. The molecule has 1 amide bonds. The first-order valence-corrected chi connectivity index (χ1v) is 11.2. The van der Waals surface area contributed by atoms with Gasteiger partial charge in [-0.25, -0.2) is 0 Å². The monoisotopic (exact) mass is 436 g/mol. The Bertz CT molecular complexity index is 1110. The van der Waals surface area contributed by atoms with Crippen LogP contribution in [-0.2, 0) is 4.79 Å². The van der Waals surface area contributed by atoms with Crippen LogP contribution < -0.4 is 10.1 Å². The Balaban J connectivity index is 1.54. The molecule has 2 heterocycles. The molecule has 2 aromatic carbocycles. The van der Waals surface area contributed by atoms with Gasteiger partial charge < -0.3 is 10.1 Å². The molecule has 0 unspecified atom stereocenters. The van der Waals surface area contributed by atoms with E-state index in [9.17, 15) is 4.79 Å². The summed E-state index contributed by atoms with van der Waals surface area (Å²) in [6.45, 7) is 0. The second-order valence-corrected chi connectivity index (χ2v) is 8.31. The van der Waals surface area contributed by atoms with Gasteiger partial charge >= 0.3 is 0 Å². The highest BCUT2D eigenvalue weighted by Crippen LogP contribution is 2.34. The maximum Gasteiger partial charge on any atom is 0.225 e. The van der Waals surface area contributed by atoms with Gasteiger partial charge in [0.05, 0.1) is 17.7 Å². The molecule has 0 aliphatic rings. The molecule has 4 aromatic rings. The van der Waals surface area contributed by atoms with E-state index in [0.717, 1.165) is 33.0 Å². The third-order valence-electron chi connectivity index (χ3n) is 4.32. The number of hydrogen-bond acceptors (Lipinski definition) is 6. The summed E-state index contributed by atoms with van der Waals surface area (Å²) in [5.74, 6) is 2.04. The van der Waals surface area contributed by atoms with Gasteiger partial charge in [0, 0.05) is 17.9 Å². The average molecular weight is 437 g/mol. The van der Waals surface area contributed by atoms with Crippen LogP contribution in [-0.4, -0.2) is 33.5 Å². The second kappa shape index (κ2) is 9.60. The summed E-state index contributed by atoms with van der Waals surface area (Å²) in [5.41, 5.74) is 1.66. The number of thiophene rings is 1. The highest BCUT2D eigenvalue weighted by molar-refractivity contribution is 7.99. The maximum atomic E-state index is 12.3. The minimum absolute atomic E-state index is 0.0319. The molecule has 0 aliphatic carbocycles. The van der Waals surface area contributed by atoms with Crippen LogP contribution in [0.2, 0.25) is 0 Å². The van der Waals surface area contributed by atoms with E-state index in [1.54, 1.807) is 18.4 Å². The molecule has 0 radical (unpaired) electrons. The second-order valence-electron chi connectivity index (χ2n) is 6.30. The Morgan fingerprint density at radius 1 is 1.07 bits per heavy atom. The van der Waals surface area contributed by atoms with Crippen molar-refractivity contribution < 1.29 is 9.53 Å². The zero-order valence-electron chi connectivity index (χ0n) is 16.3. The van der Waals surface area contributed by atoms with Crippen LogP contribution in [0.5, 0.6) is 5.75 Å². The van der Waals surface area contributed by atoms with Crippen molar-refractivity contribution in [3.63, 3.8) is 0 Å². The lowest BCUT2D eigenvalue weighted by molar-refractivity contribution is -0.115. The van der Waals surface area contributed by atoms with E-state index in [4.69, 9.17) is 4.74 Å². The zero-order chi connectivity index (χ0) is 20.8. The molecule has 2 aromatic heterocycles. The average Bonchev–Trinajstić information content (AvgIpc) is 3.44. The minimum Gasteiger partial charge on any atom is -0.495 e. The van der Waals surface area contributed by atoms with Gasteiger partial charge in [0.1, 0.15) is 5.75 Å². The highest BCUT2D eigenvalue weighted by atomic mass is 32.2. The van der Waals surface area contributed by atoms with Crippen LogP contribution in [0.1, 0.15) is 6.42 Å². The number of carbonyl (C=O) groups excluding carboxylic acids is 1. The van der Waals surface area contributed by atoms with Gasteiger partial charge in [-0.05, 0) is 35.7 Å². The van der Waals surface area contributed by atoms with Crippen molar-refractivity contribution >= 4 is 34.7 Å². The number of nitrogens with zero attached hydrogens (tertiary/aromatic N) is 3. The fourth-order valence-corrected chi connectivity index (χ4v) is 4.52. The lowest BCUT2D eigenvalue weighted by atomic mass is 10.3. The summed E-state index contributed by atoms with van der Waals surface area (Å²) < 4.78 is 7.55. The Morgan fingerprint density at radius 2 is 1.87 bits per heavy atom. The number of benzene rings is 2. The lowest BCUT2D eigenvalue weighted by Gasteiger charge is -2.13. The van der Waals surface area contributed by atoms with Crippen molar-refractivity contribution in [3.05, 3.63) is 72.1 Å². The molecule has 0 spiro atoms. The summed E-state index contributed by atoms with van der Waals surface area (Å²) >= 11 is 3.10. The first-order chi connectivity index (χ1) is 14.8. The van der Waals surface area contributed by atoms with Crippen LogP contribution in [0.4, 0.5) is 5.69 Å². The number of hydrogen-bond donors (Lipinski definition) is 1. The lowest BCUT2D eigenvalue weighted by Crippen LogP contribution is -2.12. The molecule has 4 rings (SSSR count). The number of ether oxygens (including phenoxy) is 1. The number of methoxy groups -OCH3 is 1. The Labute approximate surface area is 182 Å². The number of aromatic nitrogens is 3. The van der Waals surface area contributed by atoms with Gasteiger partial charge in [-0.2, -0.15) is 0 Å². The van der Waals surface area contributed by atoms with Gasteiger partial charge in [0.15, 0.2) is 11.0 Å². The van der Waals surface area contributed by atoms with Crippen LogP contribution in [0, 0.1) is 0 Å². The predicted octanol–water partition coefficient (Wildman–Crippen LogP) is 5.13. The van der Waals surface area contributed by atoms with E-state index in [1.807, 2.05) is 76.7 Å². The molecule has 8 heteroatoms. The predicted molar refractivity (Wildman–Crippen MR) is 122 cm³/mol. The SMILES string of the molecule is COc1ccccc1-n1c(SCCC(=O)Nc2ccccc2)nnc1-c1cccs1. The third-order valence-corrected chi connectivity index (χ3v) is 6.12. The molecule has 0 aliphatic heterocycles. The quantitative estimate of drug-likeness (QED) is 0.388. The largest absolute Gasteiger partial charge is 0.495 e. The summed E-state index contributed by atoms with van der Waals surface area (Å²) in [6.07, 6.45) is 0.368. The number of thioether (sulfide) groups is 1. The molecule has 30 heavy (non-hydrogen) atoms. The van der Waals surface area contributed by atoms with Gasteiger partial charge in [-0.15, -0.1) is 21.5 Å². The zero-order valence-corrected chi connectivity index (χ0v) is 18.0. The first-order valence-electron chi connectivity index (χ1n) is 9.36.